The molecule has 1 aliphatic rings. The highest BCUT2D eigenvalue weighted by molar-refractivity contribution is 6.35. The average molecular weight is 264 g/mol. The molecule has 1 aromatic carbocycles. The van der Waals surface area contributed by atoms with Gasteiger partial charge < -0.3 is 5.32 Å². The second-order valence-corrected chi connectivity index (χ2v) is 4.58. The number of carbonyl (C=O) groups excluding carboxylic acids is 2. The fourth-order valence-electron chi connectivity index (χ4n) is 2.16. The van der Waals surface area contributed by atoms with Crippen molar-refractivity contribution in [1.82, 2.24) is 4.98 Å². The molecule has 2 heterocycles. The predicted octanol–water partition coefficient (Wildman–Crippen LogP) is 2.78. The minimum Gasteiger partial charge on any atom is -0.321 e. The topological polar surface area (TPSA) is 59.1 Å². The van der Waals surface area contributed by atoms with E-state index in [-0.39, 0.29) is 11.7 Å². The monoisotopic (exact) mass is 264 g/mol. The van der Waals surface area contributed by atoms with Crippen molar-refractivity contribution in [2.75, 3.05) is 5.32 Å². The number of rotatable bonds is 2. The first kappa shape index (κ1) is 12.3. The number of anilines is 1. The number of carbonyl (C=O) groups is 2. The fraction of sp³-hybridized carbons (Fsp3) is 0.0625. The molecule has 4 nitrogen and oxygen atoms in total. The van der Waals surface area contributed by atoms with E-state index < -0.39 is 0 Å². The number of ketones is 1. The lowest BCUT2D eigenvalue weighted by molar-refractivity contribution is -0.110. The van der Waals surface area contributed by atoms with Crippen LogP contribution in [0, 0.1) is 0 Å². The lowest BCUT2D eigenvalue weighted by atomic mass is 10.0. The molecule has 98 valence electrons. The molecule has 3 rings (SSSR count). The van der Waals surface area contributed by atoms with Crippen LogP contribution in [0.2, 0.25) is 0 Å². The van der Waals surface area contributed by atoms with Crippen LogP contribution >= 0.6 is 0 Å². The molecule has 0 fully saturated rings. The zero-order chi connectivity index (χ0) is 14.1. The molecular formula is C16H12N2O2. The van der Waals surface area contributed by atoms with E-state index in [2.05, 4.69) is 10.3 Å². The number of pyridine rings is 1. The van der Waals surface area contributed by atoms with E-state index in [1.54, 1.807) is 30.5 Å². The van der Waals surface area contributed by atoms with Crippen LogP contribution in [-0.4, -0.2) is 16.7 Å². The predicted molar refractivity (Wildman–Crippen MR) is 77.2 cm³/mol. The summed E-state index contributed by atoms with van der Waals surface area (Å²) in [6.07, 6.45) is 3.40. The summed E-state index contributed by atoms with van der Waals surface area (Å²) in [6.45, 7) is 1.51. The van der Waals surface area contributed by atoms with Crippen molar-refractivity contribution < 1.29 is 9.59 Å². The highest BCUT2D eigenvalue weighted by Gasteiger charge is 2.24. The molecule has 0 saturated carbocycles. The van der Waals surface area contributed by atoms with E-state index in [9.17, 15) is 9.59 Å². The molecule has 1 aliphatic heterocycles. The summed E-state index contributed by atoms with van der Waals surface area (Å²) >= 11 is 0. The van der Waals surface area contributed by atoms with Gasteiger partial charge in [-0.05, 0) is 43.3 Å². The molecule has 2 aromatic rings. The normalized spacial score (nSPS) is 15.1. The minimum absolute atomic E-state index is 0.0238. The van der Waals surface area contributed by atoms with E-state index in [1.165, 1.54) is 6.92 Å². The summed E-state index contributed by atoms with van der Waals surface area (Å²) in [5.41, 5.74) is 3.29. The first-order valence-corrected chi connectivity index (χ1v) is 6.24. The smallest absolute Gasteiger partial charge is 0.256 e. The van der Waals surface area contributed by atoms with E-state index in [4.69, 9.17) is 0 Å². The van der Waals surface area contributed by atoms with Gasteiger partial charge in [0.1, 0.15) is 0 Å². The Morgan fingerprint density at radius 2 is 2.10 bits per heavy atom. The zero-order valence-corrected chi connectivity index (χ0v) is 10.9. The van der Waals surface area contributed by atoms with Crippen molar-refractivity contribution >= 4 is 29.0 Å². The van der Waals surface area contributed by atoms with Gasteiger partial charge in [-0.15, -0.1) is 0 Å². The fourth-order valence-corrected chi connectivity index (χ4v) is 2.16. The summed E-state index contributed by atoms with van der Waals surface area (Å²) in [7, 11) is 0. The third-order valence-corrected chi connectivity index (χ3v) is 3.19. The number of benzene rings is 1. The number of Topliss-reactive ketones (excluding diaryl/α,β-unsaturated/α-hetero) is 1. The van der Waals surface area contributed by atoms with Crippen LogP contribution in [0.25, 0.3) is 11.6 Å². The van der Waals surface area contributed by atoms with Crippen LogP contribution < -0.4 is 5.32 Å². The first-order chi connectivity index (χ1) is 9.65. The van der Waals surface area contributed by atoms with E-state index >= 15 is 0 Å². The quantitative estimate of drug-likeness (QED) is 0.670. The van der Waals surface area contributed by atoms with Gasteiger partial charge >= 0.3 is 0 Å². The van der Waals surface area contributed by atoms with Crippen LogP contribution in [-0.2, 0) is 4.79 Å². The third-order valence-electron chi connectivity index (χ3n) is 3.19. The molecule has 0 bridgehead atoms. The van der Waals surface area contributed by atoms with Crippen molar-refractivity contribution in [3.63, 3.8) is 0 Å². The maximum absolute atomic E-state index is 12.0. The van der Waals surface area contributed by atoms with Crippen LogP contribution in [0.3, 0.4) is 0 Å². The SMILES string of the molecule is CC(=O)c1ccc2c(c1)/C(=C/c1ccccn1)C(=O)N2. The maximum atomic E-state index is 12.0. The lowest BCUT2D eigenvalue weighted by Gasteiger charge is -2.01. The molecule has 0 saturated heterocycles. The number of nitrogens with one attached hydrogen (secondary N) is 1. The van der Waals surface area contributed by atoms with Gasteiger partial charge in [0.25, 0.3) is 5.91 Å². The van der Waals surface area contributed by atoms with Crippen molar-refractivity contribution in [1.29, 1.82) is 0 Å². The summed E-state index contributed by atoms with van der Waals surface area (Å²) in [6, 6.07) is 10.7. The summed E-state index contributed by atoms with van der Waals surface area (Å²) in [4.78, 5) is 27.7. The van der Waals surface area contributed by atoms with Gasteiger partial charge in [0.2, 0.25) is 0 Å². The van der Waals surface area contributed by atoms with Gasteiger partial charge in [-0.1, -0.05) is 6.07 Å². The zero-order valence-electron chi connectivity index (χ0n) is 10.9. The van der Waals surface area contributed by atoms with Gasteiger partial charge in [0.15, 0.2) is 5.78 Å². The number of aromatic nitrogens is 1. The molecular weight excluding hydrogens is 252 g/mol. The maximum Gasteiger partial charge on any atom is 0.256 e. The Hall–Kier alpha value is -2.75. The lowest BCUT2D eigenvalue weighted by Crippen LogP contribution is -2.03. The van der Waals surface area contributed by atoms with Crippen molar-refractivity contribution in [3.8, 4) is 0 Å². The van der Waals surface area contributed by atoms with Gasteiger partial charge in [-0.25, -0.2) is 0 Å². The number of nitrogens with zero attached hydrogens (tertiary/aromatic N) is 1. The highest BCUT2D eigenvalue weighted by Crippen LogP contribution is 2.33. The third kappa shape index (κ3) is 2.12. The minimum atomic E-state index is -0.175. The number of amides is 1. The average Bonchev–Trinajstić information content (AvgIpc) is 2.75. The van der Waals surface area contributed by atoms with Crippen LogP contribution in [0.15, 0.2) is 42.6 Å². The number of hydrogen-bond donors (Lipinski definition) is 1. The van der Waals surface area contributed by atoms with E-state index in [0.717, 1.165) is 11.3 Å². The van der Waals surface area contributed by atoms with Crippen molar-refractivity contribution in [2.45, 2.75) is 6.92 Å². The Kier molecular flexibility index (Phi) is 2.91. The Morgan fingerprint density at radius 3 is 2.80 bits per heavy atom. The molecule has 0 atom stereocenters. The molecule has 0 aliphatic carbocycles. The van der Waals surface area contributed by atoms with Gasteiger partial charge in [-0.2, -0.15) is 0 Å². The second kappa shape index (κ2) is 4.74. The molecule has 0 spiro atoms. The largest absolute Gasteiger partial charge is 0.321 e. The number of hydrogen-bond acceptors (Lipinski definition) is 3. The first-order valence-electron chi connectivity index (χ1n) is 6.24. The van der Waals surface area contributed by atoms with E-state index in [1.807, 2.05) is 18.2 Å². The summed E-state index contributed by atoms with van der Waals surface area (Å²) < 4.78 is 0. The van der Waals surface area contributed by atoms with Gasteiger partial charge in [0.05, 0.1) is 11.3 Å². The van der Waals surface area contributed by atoms with Crippen LogP contribution in [0.4, 0.5) is 5.69 Å². The molecule has 20 heavy (non-hydrogen) atoms. The molecule has 4 heteroatoms. The standard InChI is InChI=1S/C16H12N2O2/c1-10(19)11-5-6-15-13(8-11)14(16(20)18-15)9-12-4-2-3-7-17-12/h2-9H,1H3,(H,18,20)/b14-9-. The number of fused-ring (bicyclic) bond motifs is 1. The molecule has 0 radical (unpaired) electrons. The summed E-state index contributed by atoms with van der Waals surface area (Å²) in [5.74, 6) is -0.198. The Morgan fingerprint density at radius 1 is 1.25 bits per heavy atom. The van der Waals surface area contributed by atoms with Gasteiger partial charge in [-0.3, -0.25) is 14.6 Å². The Bertz CT molecular complexity index is 733. The molecule has 0 unspecified atom stereocenters. The van der Waals surface area contributed by atoms with Crippen LogP contribution in [0.5, 0.6) is 0 Å². The molecule has 1 N–H and O–H groups in total. The molecule has 1 amide bonds. The van der Waals surface area contributed by atoms with Crippen molar-refractivity contribution in [3.05, 3.63) is 59.4 Å². The second-order valence-electron chi connectivity index (χ2n) is 4.58. The Labute approximate surface area is 116 Å². The summed E-state index contributed by atoms with van der Waals surface area (Å²) in [5, 5.41) is 2.79. The van der Waals surface area contributed by atoms with Gasteiger partial charge in [0, 0.05) is 23.0 Å². The molecule has 1 aromatic heterocycles. The highest BCUT2D eigenvalue weighted by atomic mass is 16.2. The van der Waals surface area contributed by atoms with E-state index in [0.29, 0.717) is 16.8 Å². The van der Waals surface area contributed by atoms with Crippen molar-refractivity contribution in [2.24, 2.45) is 0 Å². The Balaban J connectivity index is 2.11. The van der Waals surface area contributed by atoms with Crippen LogP contribution in [0.1, 0.15) is 28.5 Å².